The fraction of sp³-hybridized carbons (Fsp3) is 0. The van der Waals surface area contributed by atoms with Crippen molar-refractivity contribution < 1.29 is 37.2 Å². The van der Waals surface area contributed by atoms with Crippen molar-refractivity contribution in [2.45, 2.75) is 0 Å². The molecule has 0 spiro atoms. The minimum absolute atomic E-state index is 0. The van der Waals surface area contributed by atoms with Crippen LogP contribution in [0, 0.1) is 0 Å². The van der Waals surface area contributed by atoms with E-state index in [2.05, 4.69) is 0 Å². The number of carbonyl (C=O) groups excluding carboxylic acids is 1. The Morgan fingerprint density at radius 3 is 1.83 bits per heavy atom. The van der Waals surface area contributed by atoms with Crippen molar-refractivity contribution in [2.24, 2.45) is 0 Å². The second kappa shape index (κ2) is 3.99. The van der Waals surface area contributed by atoms with Gasteiger partial charge in [0, 0.05) is 17.1 Å². The molecular formula is C7H5FeO4-. The van der Waals surface area contributed by atoms with Crippen molar-refractivity contribution in [3.8, 4) is 17.2 Å². The Balaban J connectivity index is 0.00000121. The number of phenolic OH excluding ortho intramolecular Hbond substituents is 3. The third-order valence-corrected chi connectivity index (χ3v) is 1.19. The smallest absolute Gasteiger partial charge is 0.174 e. The summed E-state index contributed by atoms with van der Waals surface area (Å²) < 4.78 is 0. The van der Waals surface area contributed by atoms with E-state index in [0.29, 0.717) is 0 Å². The molecule has 4 nitrogen and oxygen atoms in total. The van der Waals surface area contributed by atoms with E-state index < -0.39 is 17.2 Å². The Labute approximate surface area is 78.9 Å². The Bertz CT molecular complexity index is 274. The first-order valence-electron chi connectivity index (χ1n) is 2.78. The molecule has 0 bridgehead atoms. The molecule has 0 aliphatic carbocycles. The number of aromatic hydroxyl groups is 3. The van der Waals surface area contributed by atoms with Gasteiger partial charge < -0.3 is 20.1 Å². The van der Waals surface area contributed by atoms with Gasteiger partial charge in [-0.15, -0.1) is 17.7 Å². The van der Waals surface area contributed by atoms with Crippen LogP contribution in [0.25, 0.3) is 0 Å². The van der Waals surface area contributed by atoms with Gasteiger partial charge in [-0.1, -0.05) is 0 Å². The molecule has 0 saturated carbocycles. The summed E-state index contributed by atoms with van der Waals surface area (Å²) >= 11 is 0. The van der Waals surface area contributed by atoms with E-state index in [1.807, 2.05) is 0 Å². The number of hydrogen-bond acceptors (Lipinski definition) is 4. The molecule has 1 aromatic rings. The quantitative estimate of drug-likeness (QED) is 0.352. The summed E-state index contributed by atoms with van der Waals surface area (Å²) in [7, 11) is 0. The van der Waals surface area contributed by atoms with Crippen molar-refractivity contribution >= 4 is 6.29 Å². The number of benzene rings is 1. The van der Waals surface area contributed by atoms with Crippen LogP contribution in [0.4, 0.5) is 0 Å². The predicted molar refractivity (Wildman–Crippen MR) is 36.2 cm³/mol. The SMILES string of the molecule is O=[C-]c1cc(O)c(O)c(O)c1.[Fe]. The molecule has 1 aromatic carbocycles. The maximum absolute atomic E-state index is 9.99. The van der Waals surface area contributed by atoms with Crippen molar-refractivity contribution in [2.75, 3.05) is 0 Å². The van der Waals surface area contributed by atoms with Gasteiger partial charge in [-0.2, -0.15) is 0 Å². The van der Waals surface area contributed by atoms with Crippen molar-refractivity contribution in [1.29, 1.82) is 0 Å². The zero-order valence-electron chi connectivity index (χ0n) is 5.76. The molecule has 12 heavy (non-hydrogen) atoms. The van der Waals surface area contributed by atoms with Crippen LogP contribution in [0.3, 0.4) is 0 Å². The summed E-state index contributed by atoms with van der Waals surface area (Å²) in [6.45, 7) is 0. The van der Waals surface area contributed by atoms with Gasteiger partial charge >= 0.3 is 0 Å². The molecule has 0 amide bonds. The predicted octanol–water partition coefficient (Wildman–Crippen LogP) is 0.259. The van der Waals surface area contributed by atoms with Gasteiger partial charge in [0.25, 0.3) is 0 Å². The molecule has 0 radical (unpaired) electrons. The summed E-state index contributed by atoms with van der Waals surface area (Å²) in [5.41, 5.74) is -0.0159. The number of hydrogen-bond donors (Lipinski definition) is 3. The van der Waals surface area contributed by atoms with Gasteiger partial charge in [0.15, 0.2) is 5.75 Å². The molecule has 0 unspecified atom stereocenters. The molecular weight excluding hydrogens is 204 g/mol. The second-order valence-electron chi connectivity index (χ2n) is 1.97. The van der Waals surface area contributed by atoms with Crippen molar-refractivity contribution in [3.05, 3.63) is 17.7 Å². The molecule has 0 aliphatic heterocycles. The Morgan fingerprint density at radius 1 is 1.08 bits per heavy atom. The molecule has 0 aliphatic rings. The second-order valence-corrected chi connectivity index (χ2v) is 1.97. The monoisotopic (exact) mass is 209 g/mol. The van der Waals surface area contributed by atoms with Crippen LogP contribution in [0.15, 0.2) is 12.1 Å². The summed E-state index contributed by atoms with van der Waals surface area (Å²) in [6, 6.07) is 2.00. The van der Waals surface area contributed by atoms with E-state index in [-0.39, 0.29) is 22.6 Å². The minimum Gasteiger partial charge on any atom is -0.517 e. The van der Waals surface area contributed by atoms with E-state index in [4.69, 9.17) is 15.3 Å². The van der Waals surface area contributed by atoms with Crippen LogP contribution in [-0.4, -0.2) is 21.6 Å². The minimum atomic E-state index is -0.635. The van der Waals surface area contributed by atoms with E-state index in [9.17, 15) is 4.79 Å². The molecule has 1 rings (SSSR count). The Hall–Kier alpha value is -1.19. The first-order valence-corrected chi connectivity index (χ1v) is 2.78. The molecule has 0 fully saturated rings. The standard InChI is InChI=1S/C7H5O4.Fe/c8-3-4-1-5(9)7(11)6(10)2-4;/h1-2,9-11H;/q-1;. The molecule has 0 aromatic heterocycles. The van der Waals surface area contributed by atoms with Crippen molar-refractivity contribution in [1.82, 2.24) is 0 Å². The van der Waals surface area contributed by atoms with Gasteiger partial charge in [0.2, 0.25) is 0 Å². The van der Waals surface area contributed by atoms with Gasteiger partial charge in [-0.25, -0.2) is 0 Å². The maximum Gasteiger partial charge on any atom is 0.174 e. The maximum atomic E-state index is 9.99. The van der Waals surface area contributed by atoms with E-state index in [1.165, 1.54) is 6.29 Å². The van der Waals surface area contributed by atoms with Gasteiger partial charge in [-0.3, -0.25) is 0 Å². The third kappa shape index (κ3) is 1.90. The summed E-state index contributed by atoms with van der Waals surface area (Å²) in [6.07, 6.45) is 1.45. The molecule has 0 atom stereocenters. The fourth-order valence-corrected chi connectivity index (χ4v) is 0.663. The van der Waals surface area contributed by atoms with Gasteiger partial charge in [0.05, 0.1) is 6.29 Å². The average molecular weight is 209 g/mol. The summed E-state index contributed by atoms with van der Waals surface area (Å²) in [4.78, 5) is 9.99. The zero-order valence-corrected chi connectivity index (χ0v) is 6.86. The number of phenols is 3. The van der Waals surface area contributed by atoms with E-state index in [0.717, 1.165) is 12.1 Å². The normalized spacial score (nSPS) is 8.67. The van der Waals surface area contributed by atoms with Crippen LogP contribution in [0.1, 0.15) is 5.56 Å². The fourth-order valence-electron chi connectivity index (χ4n) is 0.663. The summed E-state index contributed by atoms with van der Waals surface area (Å²) in [5.74, 6) is -1.71. The molecule has 5 heteroatoms. The average Bonchev–Trinajstić information content (AvgIpc) is 1.99. The van der Waals surface area contributed by atoms with E-state index in [1.54, 1.807) is 0 Å². The first-order chi connectivity index (χ1) is 5.15. The molecule has 0 heterocycles. The Kier molecular flexibility index (Phi) is 3.60. The first kappa shape index (κ1) is 10.8. The molecule has 0 saturated heterocycles. The topological polar surface area (TPSA) is 77.8 Å². The summed E-state index contributed by atoms with van der Waals surface area (Å²) in [5, 5.41) is 26.4. The molecule has 3 N–H and O–H groups in total. The van der Waals surface area contributed by atoms with Gasteiger partial charge in [-0.05, 0) is 0 Å². The largest absolute Gasteiger partial charge is 0.517 e. The van der Waals surface area contributed by atoms with Crippen LogP contribution in [0.5, 0.6) is 17.2 Å². The van der Waals surface area contributed by atoms with Gasteiger partial charge in [0.1, 0.15) is 11.5 Å². The zero-order chi connectivity index (χ0) is 8.43. The van der Waals surface area contributed by atoms with E-state index >= 15 is 0 Å². The van der Waals surface area contributed by atoms with Crippen LogP contribution in [0.2, 0.25) is 0 Å². The van der Waals surface area contributed by atoms with Crippen LogP contribution >= 0.6 is 0 Å². The van der Waals surface area contributed by atoms with Crippen LogP contribution < -0.4 is 0 Å². The Morgan fingerprint density at radius 2 is 1.50 bits per heavy atom. The van der Waals surface area contributed by atoms with Crippen molar-refractivity contribution in [3.63, 3.8) is 0 Å². The van der Waals surface area contributed by atoms with Crippen LogP contribution in [-0.2, 0) is 21.9 Å². The third-order valence-electron chi connectivity index (χ3n) is 1.19. The molecule has 66 valence electrons. The number of rotatable bonds is 1.